The van der Waals surface area contributed by atoms with Gasteiger partial charge in [-0.25, -0.2) is 0 Å². The maximum atomic E-state index is 12.4. The minimum atomic E-state index is -0.929. The fraction of sp³-hybridized carbons (Fsp3) is 0.706. The van der Waals surface area contributed by atoms with Crippen LogP contribution in [-0.2, 0) is 10.4 Å². The molecule has 0 spiro atoms. The van der Waals surface area contributed by atoms with Crippen molar-refractivity contribution in [3.05, 3.63) is 28.3 Å². The first-order valence-corrected chi connectivity index (χ1v) is 8.17. The molecular weight excluding hydrogens is 324 g/mol. The van der Waals surface area contributed by atoms with Gasteiger partial charge in [0.15, 0.2) is 11.1 Å². The van der Waals surface area contributed by atoms with E-state index in [1.807, 2.05) is 0 Å². The molecule has 0 atom stereocenters. The number of nitrogens with zero attached hydrogens (tertiary/aromatic N) is 4. The lowest BCUT2D eigenvalue weighted by atomic mass is 9.84. The summed E-state index contributed by atoms with van der Waals surface area (Å²) in [6.07, 6.45) is 2.42. The number of amidine groups is 2. The monoisotopic (exact) mass is 350 g/mol. The lowest BCUT2D eigenvalue weighted by molar-refractivity contribution is -0.539. The van der Waals surface area contributed by atoms with Gasteiger partial charge in [0.05, 0.1) is 12.2 Å². The normalized spacial score (nSPS) is 26.2. The molecule has 0 fully saturated rings. The minimum absolute atomic E-state index is 0.113. The van der Waals surface area contributed by atoms with Crippen molar-refractivity contribution in [2.45, 2.75) is 77.5 Å². The van der Waals surface area contributed by atoms with E-state index in [1.54, 1.807) is 55.4 Å². The van der Waals surface area contributed by atoms with E-state index in [0.29, 0.717) is 19.6 Å². The number of hydrogen-bond donors (Lipinski definition) is 0. The average Bonchev–Trinajstić information content (AvgIpc) is 2.68. The molecule has 25 heavy (non-hydrogen) atoms. The molecule has 0 saturated heterocycles. The van der Waals surface area contributed by atoms with Gasteiger partial charge in [0.2, 0.25) is 0 Å². The second-order valence-electron chi connectivity index (χ2n) is 8.59. The van der Waals surface area contributed by atoms with Gasteiger partial charge in [-0.05, 0) is 55.4 Å². The zero-order valence-electron chi connectivity index (χ0n) is 16.1. The Balaban J connectivity index is 2.44. The van der Waals surface area contributed by atoms with Crippen molar-refractivity contribution in [1.29, 1.82) is 0 Å². The standard InChI is InChI=1S/C17H26N4O4/c1-14(2)15(3,4)19(23)12(18(14)22)10-9-11-13-20(24)16(5,6)17(7,8)21(13)25/h10-11H,1-8H3. The van der Waals surface area contributed by atoms with Crippen LogP contribution >= 0.6 is 0 Å². The summed E-state index contributed by atoms with van der Waals surface area (Å²) in [5, 5.41) is 50.9. The summed E-state index contributed by atoms with van der Waals surface area (Å²) in [7, 11) is 0. The van der Waals surface area contributed by atoms with Crippen molar-refractivity contribution >= 4 is 11.7 Å². The molecule has 0 N–H and O–H groups in total. The van der Waals surface area contributed by atoms with Crippen molar-refractivity contribution in [2.75, 3.05) is 0 Å². The first kappa shape index (κ1) is 19.3. The van der Waals surface area contributed by atoms with Crippen LogP contribution in [0.15, 0.2) is 17.9 Å². The lowest BCUT2D eigenvalue weighted by Crippen LogP contribution is -2.53. The molecule has 2 aliphatic heterocycles. The van der Waals surface area contributed by atoms with Crippen LogP contribution in [0.5, 0.6) is 0 Å². The van der Waals surface area contributed by atoms with E-state index in [4.69, 9.17) is 0 Å². The van der Waals surface area contributed by atoms with E-state index >= 15 is 0 Å². The molecule has 0 aromatic rings. The second kappa shape index (κ2) is 5.24. The third-order valence-corrected chi connectivity index (χ3v) is 6.28. The molecule has 138 valence electrons. The van der Waals surface area contributed by atoms with Crippen molar-refractivity contribution in [3.8, 4) is 0 Å². The number of hydrogen-bond acceptors (Lipinski definition) is 4. The Morgan fingerprint density at radius 1 is 0.760 bits per heavy atom. The molecule has 0 aromatic carbocycles. The lowest BCUT2D eigenvalue weighted by Gasteiger charge is -2.32. The Kier molecular flexibility index (Phi) is 4.04. The van der Waals surface area contributed by atoms with E-state index in [2.05, 4.69) is 5.73 Å². The first-order chi connectivity index (χ1) is 11.1. The van der Waals surface area contributed by atoms with Crippen molar-refractivity contribution in [1.82, 2.24) is 10.1 Å². The van der Waals surface area contributed by atoms with Gasteiger partial charge in [-0.15, -0.1) is 5.73 Å². The summed E-state index contributed by atoms with van der Waals surface area (Å²) >= 11 is 0. The van der Waals surface area contributed by atoms with Crippen LogP contribution in [0.3, 0.4) is 0 Å². The molecule has 2 heterocycles. The highest BCUT2D eigenvalue weighted by Crippen LogP contribution is 2.37. The van der Waals surface area contributed by atoms with E-state index in [1.165, 1.54) is 12.2 Å². The predicted octanol–water partition coefficient (Wildman–Crippen LogP) is 1.95. The van der Waals surface area contributed by atoms with Crippen LogP contribution in [0.25, 0.3) is 0 Å². The zero-order valence-corrected chi connectivity index (χ0v) is 16.1. The molecule has 0 unspecified atom stereocenters. The third kappa shape index (κ3) is 2.28. The largest absolute Gasteiger partial charge is 0.714 e. The first-order valence-electron chi connectivity index (χ1n) is 8.17. The minimum Gasteiger partial charge on any atom is -0.714 e. The maximum absolute atomic E-state index is 12.4. The van der Waals surface area contributed by atoms with Crippen molar-refractivity contribution < 1.29 is 19.9 Å². The van der Waals surface area contributed by atoms with Crippen molar-refractivity contribution in [2.24, 2.45) is 0 Å². The predicted molar refractivity (Wildman–Crippen MR) is 91.3 cm³/mol. The van der Waals surface area contributed by atoms with Crippen LogP contribution in [0.2, 0.25) is 0 Å². The van der Waals surface area contributed by atoms with Gasteiger partial charge >= 0.3 is 11.7 Å². The maximum Gasteiger partial charge on any atom is 0.317 e. The molecule has 0 saturated carbocycles. The molecular formula is C17H26N4O4. The van der Waals surface area contributed by atoms with E-state index in [0.717, 1.165) is 0 Å². The summed E-state index contributed by atoms with van der Waals surface area (Å²) in [5.41, 5.74) is -1.06. The van der Waals surface area contributed by atoms with Gasteiger partial charge in [-0.2, -0.15) is 0 Å². The molecule has 0 aliphatic carbocycles. The molecule has 2 rings (SSSR count). The summed E-state index contributed by atoms with van der Waals surface area (Å²) in [6, 6.07) is 0. The fourth-order valence-corrected chi connectivity index (χ4v) is 2.73. The second-order valence-corrected chi connectivity index (χ2v) is 8.59. The summed E-state index contributed by atoms with van der Waals surface area (Å²) < 4.78 is 1.27. The van der Waals surface area contributed by atoms with Gasteiger partial charge in [0.25, 0.3) is 0 Å². The Morgan fingerprint density at radius 3 is 1.24 bits per heavy atom. The SMILES string of the molecule is CC1(C)N([O])C(C=C=CC2=[N+]([O-])C(C)(C)C(C)(C)N2[O])=[N+]([O-])C1(C)C. The van der Waals surface area contributed by atoms with Crippen LogP contribution in [0.4, 0.5) is 0 Å². The highest BCUT2D eigenvalue weighted by Gasteiger charge is 2.60. The Hall–Kier alpha value is -2.02. The highest BCUT2D eigenvalue weighted by atomic mass is 16.5. The van der Waals surface area contributed by atoms with Gasteiger partial charge in [0, 0.05) is 10.4 Å². The van der Waals surface area contributed by atoms with Crippen LogP contribution in [-0.4, -0.2) is 53.4 Å². The molecule has 8 nitrogen and oxygen atoms in total. The summed E-state index contributed by atoms with van der Waals surface area (Å²) in [6.45, 7) is 13.5. The Bertz CT molecular complexity index is 667. The quantitative estimate of drug-likeness (QED) is 0.432. The smallest absolute Gasteiger partial charge is 0.317 e. The number of rotatable bonds is 2. The van der Waals surface area contributed by atoms with E-state index < -0.39 is 22.2 Å². The highest BCUT2D eigenvalue weighted by molar-refractivity contribution is 5.93. The van der Waals surface area contributed by atoms with Crippen molar-refractivity contribution in [3.63, 3.8) is 0 Å². The Labute approximate surface area is 148 Å². The molecule has 0 aromatic heterocycles. The molecule has 0 amide bonds. The van der Waals surface area contributed by atoms with Gasteiger partial charge in [0.1, 0.15) is 11.1 Å². The van der Waals surface area contributed by atoms with Gasteiger partial charge in [-0.3, -0.25) is 9.48 Å². The topological polar surface area (TPSA) is 98.4 Å². The number of hydroxylamine groups is 6. The van der Waals surface area contributed by atoms with Crippen LogP contribution in [0, 0.1) is 10.4 Å². The molecule has 2 radical (unpaired) electrons. The van der Waals surface area contributed by atoms with Gasteiger partial charge < -0.3 is 10.4 Å². The molecule has 2 aliphatic rings. The van der Waals surface area contributed by atoms with Crippen LogP contribution in [0.1, 0.15) is 55.4 Å². The Morgan fingerprint density at radius 2 is 1.04 bits per heavy atom. The third-order valence-electron chi connectivity index (χ3n) is 6.28. The zero-order chi connectivity index (χ0) is 19.6. The summed E-state index contributed by atoms with van der Waals surface area (Å²) in [5.74, 6) is -0.225. The molecule has 8 heteroatoms. The van der Waals surface area contributed by atoms with E-state index in [9.17, 15) is 20.8 Å². The van der Waals surface area contributed by atoms with E-state index in [-0.39, 0.29) is 11.7 Å². The van der Waals surface area contributed by atoms with Gasteiger partial charge in [-0.1, -0.05) is 10.1 Å². The van der Waals surface area contributed by atoms with Crippen LogP contribution < -0.4 is 0 Å². The fourth-order valence-electron chi connectivity index (χ4n) is 2.73. The summed E-state index contributed by atoms with van der Waals surface area (Å²) in [4.78, 5) is 0. The molecule has 0 bridgehead atoms. The average molecular weight is 350 g/mol.